The zero-order valence-corrected chi connectivity index (χ0v) is 11.3. The number of nitrogens with zero attached hydrogens (tertiary/aromatic N) is 1. The van der Waals surface area contributed by atoms with Gasteiger partial charge in [0.2, 0.25) is 0 Å². The lowest BCUT2D eigenvalue weighted by Gasteiger charge is -2.37. The molecule has 1 atom stereocenters. The third-order valence-corrected chi connectivity index (χ3v) is 4.00. The largest absolute Gasteiger partial charge is 0.378 e. The highest BCUT2D eigenvalue weighted by atomic mass is 16.3. The summed E-state index contributed by atoms with van der Waals surface area (Å²) in [6.45, 7) is 6.50. The summed E-state index contributed by atoms with van der Waals surface area (Å²) < 4.78 is 0. The summed E-state index contributed by atoms with van der Waals surface area (Å²) in [4.78, 5) is 13.6. The molecule has 4 heteroatoms. The average molecular weight is 248 g/mol. The van der Waals surface area contributed by atoms with Gasteiger partial charge in [-0.25, -0.2) is 0 Å². The van der Waals surface area contributed by atoms with Crippen molar-refractivity contribution in [2.24, 2.45) is 0 Å². The van der Waals surface area contributed by atoms with Crippen LogP contribution in [0.4, 0.5) is 11.4 Å². The lowest BCUT2D eigenvalue weighted by molar-refractivity contribution is -0.123. The molecule has 1 aliphatic heterocycles. The van der Waals surface area contributed by atoms with E-state index < -0.39 is 6.10 Å². The average Bonchev–Trinajstić information content (AvgIpc) is 2.63. The molecule has 1 amide bonds. The number of carbonyl (C=O) groups excluding carboxylic acids is 1. The van der Waals surface area contributed by atoms with Crippen molar-refractivity contribution in [1.29, 1.82) is 0 Å². The zero-order chi connectivity index (χ0) is 13.5. The Kier molecular flexibility index (Phi) is 3.07. The molecule has 0 radical (unpaired) electrons. The van der Waals surface area contributed by atoms with Crippen molar-refractivity contribution in [3.05, 3.63) is 23.8 Å². The maximum Gasteiger partial charge on any atom is 0.257 e. The maximum absolute atomic E-state index is 11.4. The molecule has 0 saturated carbocycles. The predicted molar refractivity (Wildman–Crippen MR) is 72.8 cm³/mol. The highest BCUT2D eigenvalue weighted by Gasteiger charge is 2.29. The molecule has 1 aliphatic rings. The molecule has 0 aliphatic carbocycles. The summed E-state index contributed by atoms with van der Waals surface area (Å²) in [6, 6.07) is 5.68. The molecule has 98 valence electrons. The lowest BCUT2D eigenvalue weighted by atomic mass is 9.98. The Balaban J connectivity index is 2.34. The second-order valence-electron chi connectivity index (χ2n) is 5.39. The van der Waals surface area contributed by atoms with E-state index in [1.165, 1.54) is 0 Å². The topological polar surface area (TPSA) is 52.6 Å². The van der Waals surface area contributed by atoms with Gasteiger partial charge in [0, 0.05) is 29.5 Å². The van der Waals surface area contributed by atoms with Gasteiger partial charge in [-0.1, -0.05) is 13.0 Å². The molecule has 1 unspecified atom stereocenters. The Labute approximate surface area is 108 Å². The molecule has 2 rings (SSSR count). The number of amides is 1. The summed E-state index contributed by atoms with van der Waals surface area (Å²) >= 11 is 0. The Morgan fingerprint density at radius 2 is 2.11 bits per heavy atom. The van der Waals surface area contributed by atoms with Crippen LogP contribution in [0.1, 0.15) is 38.9 Å². The zero-order valence-electron chi connectivity index (χ0n) is 11.3. The van der Waals surface area contributed by atoms with Gasteiger partial charge in [-0.2, -0.15) is 0 Å². The Morgan fingerprint density at radius 3 is 2.72 bits per heavy atom. The number of nitrogens with one attached hydrogen (secondary N) is 1. The number of fused-ring (bicyclic) bond motifs is 1. The molecular formula is C14H20N2O2. The molecule has 0 fully saturated rings. The quantitative estimate of drug-likeness (QED) is 0.863. The van der Waals surface area contributed by atoms with Gasteiger partial charge in [-0.05, 0) is 32.4 Å². The van der Waals surface area contributed by atoms with Crippen molar-refractivity contribution in [1.82, 2.24) is 0 Å². The van der Waals surface area contributed by atoms with Crippen molar-refractivity contribution in [3.8, 4) is 0 Å². The summed E-state index contributed by atoms with van der Waals surface area (Å²) in [7, 11) is 2.04. The molecule has 0 aromatic heterocycles. The van der Waals surface area contributed by atoms with Gasteiger partial charge in [0.25, 0.3) is 5.91 Å². The minimum atomic E-state index is -1.03. The van der Waals surface area contributed by atoms with Crippen molar-refractivity contribution >= 4 is 17.3 Å². The van der Waals surface area contributed by atoms with Crippen LogP contribution in [0.25, 0.3) is 0 Å². The summed E-state index contributed by atoms with van der Waals surface area (Å²) in [5, 5.41) is 12.4. The first-order chi connectivity index (χ1) is 8.36. The maximum atomic E-state index is 11.4. The first kappa shape index (κ1) is 12.9. The van der Waals surface area contributed by atoms with E-state index in [2.05, 4.69) is 31.0 Å². The number of anilines is 2. The van der Waals surface area contributed by atoms with E-state index in [-0.39, 0.29) is 11.4 Å². The number of carbonyl (C=O) groups is 1. The van der Waals surface area contributed by atoms with Crippen LogP contribution in [0.5, 0.6) is 0 Å². The second kappa shape index (κ2) is 4.28. The van der Waals surface area contributed by atoms with Crippen molar-refractivity contribution in [2.75, 3.05) is 17.3 Å². The molecule has 1 aromatic rings. The number of rotatable bonds is 3. The Morgan fingerprint density at radius 1 is 1.44 bits per heavy atom. The van der Waals surface area contributed by atoms with Crippen molar-refractivity contribution in [3.63, 3.8) is 0 Å². The molecule has 0 spiro atoms. The number of aliphatic hydroxyl groups is 1. The third kappa shape index (κ3) is 1.97. The van der Waals surface area contributed by atoms with Gasteiger partial charge in [0.1, 0.15) is 0 Å². The highest BCUT2D eigenvalue weighted by molar-refractivity contribution is 6.02. The van der Waals surface area contributed by atoms with Crippen LogP contribution >= 0.6 is 0 Å². The van der Waals surface area contributed by atoms with Gasteiger partial charge in [-0.3, -0.25) is 4.79 Å². The normalized spacial score (nSPS) is 18.5. The van der Waals surface area contributed by atoms with Crippen LogP contribution in [0.15, 0.2) is 18.2 Å². The minimum absolute atomic E-state index is 0.0511. The van der Waals surface area contributed by atoms with Gasteiger partial charge in [0.15, 0.2) is 6.10 Å². The molecule has 0 saturated heterocycles. The third-order valence-electron chi connectivity index (χ3n) is 4.00. The predicted octanol–water partition coefficient (Wildman–Crippen LogP) is 2.30. The molecule has 0 bridgehead atoms. The first-order valence-electron chi connectivity index (χ1n) is 6.23. The number of aliphatic hydroxyl groups excluding tert-OH is 1. The standard InChI is InChI=1S/C14H20N2O2/c1-5-14(2,3)16(4)9-6-7-10-11(8-9)15-13(18)12(10)17/h6-8,12,17H,5H2,1-4H3,(H,15,18). The fourth-order valence-corrected chi connectivity index (χ4v) is 2.03. The monoisotopic (exact) mass is 248 g/mol. The molecule has 2 N–H and O–H groups in total. The highest BCUT2D eigenvalue weighted by Crippen LogP contribution is 2.35. The lowest BCUT2D eigenvalue weighted by Crippen LogP contribution is -2.40. The fraction of sp³-hybridized carbons (Fsp3) is 0.500. The van der Waals surface area contributed by atoms with E-state index in [0.29, 0.717) is 11.3 Å². The van der Waals surface area contributed by atoms with Crippen LogP contribution < -0.4 is 10.2 Å². The van der Waals surface area contributed by atoms with Gasteiger partial charge < -0.3 is 15.3 Å². The van der Waals surface area contributed by atoms with E-state index in [1.807, 2.05) is 25.2 Å². The van der Waals surface area contributed by atoms with Crippen LogP contribution in [0, 0.1) is 0 Å². The van der Waals surface area contributed by atoms with Gasteiger partial charge in [-0.15, -0.1) is 0 Å². The SMILES string of the molecule is CCC(C)(C)N(C)c1ccc2c(c1)NC(=O)C2O. The van der Waals surface area contributed by atoms with Crippen LogP contribution in [0.3, 0.4) is 0 Å². The number of hydrogen-bond donors (Lipinski definition) is 2. The Bertz CT molecular complexity index is 483. The minimum Gasteiger partial charge on any atom is -0.378 e. The Hall–Kier alpha value is -1.55. The molecule has 4 nitrogen and oxygen atoms in total. The number of benzene rings is 1. The van der Waals surface area contributed by atoms with E-state index >= 15 is 0 Å². The molecule has 18 heavy (non-hydrogen) atoms. The van der Waals surface area contributed by atoms with Crippen molar-refractivity contribution < 1.29 is 9.90 Å². The van der Waals surface area contributed by atoms with Crippen molar-refractivity contribution in [2.45, 2.75) is 38.8 Å². The van der Waals surface area contributed by atoms with Crippen LogP contribution in [-0.4, -0.2) is 23.6 Å². The van der Waals surface area contributed by atoms with E-state index in [4.69, 9.17) is 0 Å². The van der Waals surface area contributed by atoms with E-state index in [9.17, 15) is 9.90 Å². The molecule has 1 heterocycles. The summed E-state index contributed by atoms with van der Waals surface area (Å²) in [5.74, 6) is -0.348. The molecule has 1 aromatic carbocycles. The smallest absolute Gasteiger partial charge is 0.257 e. The van der Waals surface area contributed by atoms with E-state index in [0.717, 1.165) is 12.1 Å². The van der Waals surface area contributed by atoms with Crippen LogP contribution in [-0.2, 0) is 4.79 Å². The summed E-state index contributed by atoms with van der Waals surface area (Å²) in [5.41, 5.74) is 2.46. The summed E-state index contributed by atoms with van der Waals surface area (Å²) in [6.07, 6.45) is -0.00575. The van der Waals surface area contributed by atoms with E-state index in [1.54, 1.807) is 0 Å². The second-order valence-corrected chi connectivity index (χ2v) is 5.39. The first-order valence-corrected chi connectivity index (χ1v) is 6.23. The van der Waals surface area contributed by atoms with Crippen LogP contribution in [0.2, 0.25) is 0 Å². The molecular weight excluding hydrogens is 228 g/mol. The fourth-order valence-electron chi connectivity index (χ4n) is 2.03. The van der Waals surface area contributed by atoms with Gasteiger partial charge in [0.05, 0.1) is 0 Å². The number of hydrogen-bond acceptors (Lipinski definition) is 3. The van der Waals surface area contributed by atoms with Gasteiger partial charge >= 0.3 is 0 Å².